The van der Waals surface area contributed by atoms with Gasteiger partial charge in [0, 0.05) is 18.1 Å². The number of aryl methyl sites for hydroxylation is 1. The maximum Gasteiger partial charge on any atom is 0.340 e. The first-order valence-corrected chi connectivity index (χ1v) is 6.00. The Labute approximate surface area is 110 Å². The van der Waals surface area contributed by atoms with Crippen molar-refractivity contribution in [2.75, 3.05) is 6.61 Å². The summed E-state index contributed by atoms with van der Waals surface area (Å²) in [5.41, 5.74) is 1.96. The quantitative estimate of drug-likeness (QED) is 0.851. The van der Waals surface area contributed by atoms with Crippen LogP contribution in [0.4, 0.5) is 0 Å². The highest BCUT2D eigenvalue weighted by molar-refractivity contribution is 6.38. The average molecular weight is 268 g/mol. The Kier molecular flexibility index (Phi) is 3.22. The Hall–Kier alpha value is -1.68. The molecule has 5 heteroatoms. The molecule has 0 spiro atoms. The number of hydrogen-bond donors (Lipinski definition) is 1. The van der Waals surface area contributed by atoms with Crippen molar-refractivity contribution in [3.05, 3.63) is 28.4 Å². The van der Waals surface area contributed by atoms with Crippen molar-refractivity contribution >= 4 is 28.5 Å². The van der Waals surface area contributed by atoms with Crippen molar-refractivity contribution in [2.24, 2.45) is 7.05 Å². The van der Waals surface area contributed by atoms with Gasteiger partial charge in [-0.15, -0.1) is 0 Å². The maximum absolute atomic E-state index is 12.0. The molecule has 0 saturated carbocycles. The Morgan fingerprint density at radius 3 is 2.78 bits per heavy atom. The van der Waals surface area contributed by atoms with Crippen molar-refractivity contribution in [1.82, 2.24) is 4.57 Å². The number of carbonyl (C=O) groups excluding carboxylic acids is 1. The molecule has 0 aliphatic carbocycles. The lowest BCUT2D eigenvalue weighted by atomic mass is 10.1. The van der Waals surface area contributed by atoms with Gasteiger partial charge in [0.05, 0.1) is 22.7 Å². The number of carbonyl (C=O) groups is 1. The lowest BCUT2D eigenvalue weighted by molar-refractivity contribution is 0.0527. The smallest absolute Gasteiger partial charge is 0.340 e. The molecule has 4 nitrogen and oxygen atoms in total. The van der Waals surface area contributed by atoms with Gasteiger partial charge < -0.3 is 14.4 Å². The van der Waals surface area contributed by atoms with E-state index >= 15 is 0 Å². The molecule has 2 aromatic rings. The van der Waals surface area contributed by atoms with Gasteiger partial charge in [-0.1, -0.05) is 11.6 Å². The third kappa shape index (κ3) is 1.73. The van der Waals surface area contributed by atoms with E-state index in [1.165, 1.54) is 6.07 Å². The Balaban J connectivity index is 2.83. The first-order valence-electron chi connectivity index (χ1n) is 5.62. The number of benzene rings is 1. The predicted octanol–water partition coefficient (Wildman–Crippen LogP) is 3.02. The normalized spacial score (nSPS) is 10.9. The summed E-state index contributed by atoms with van der Waals surface area (Å²) in [6.07, 6.45) is 0. The highest BCUT2D eigenvalue weighted by Crippen LogP contribution is 2.37. The number of phenolic OH excluding ortho intramolecular Hbond substituents is 1. The van der Waals surface area contributed by atoms with Gasteiger partial charge in [-0.05, 0) is 26.0 Å². The zero-order valence-electron chi connectivity index (χ0n) is 10.5. The molecule has 2 rings (SSSR count). The van der Waals surface area contributed by atoms with E-state index in [4.69, 9.17) is 16.3 Å². The molecule has 18 heavy (non-hydrogen) atoms. The third-order valence-electron chi connectivity index (χ3n) is 3.06. The molecule has 0 saturated heterocycles. The van der Waals surface area contributed by atoms with E-state index in [0.29, 0.717) is 17.6 Å². The summed E-state index contributed by atoms with van der Waals surface area (Å²) in [7, 11) is 1.84. The van der Waals surface area contributed by atoms with E-state index in [1.807, 2.05) is 18.5 Å². The van der Waals surface area contributed by atoms with Crippen molar-refractivity contribution in [3.63, 3.8) is 0 Å². The molecule has 0 radical (unpaired) electrons. The molecule has 0 amide bonds. The molecule has 0 aliphatic rings. The van der Waals surface area contributed by atoms with Crippen LogP contribution in [-0.2, 0) is 11.8 Å². The first kappa shape index (κ1) is 12.8. The van der Waals surface area contributed by atoms with Crippen molar-refractivity contribution in [2.45, 2.75) is 13.8 Å². The van der Waals surface area contributed by atoms with Crippen LogP contribution in [0, 0.1) is 6.92 Å². The molecule has 0 aliphatic heterocycles. The van der Waals surface area contributed by atoms with E-state index in [1.54, 1.807) is 13.0 Å². The van der Waals surface area contributed by atoms with Gasteiger partial charge in [0.1, 0.15) is 5.75 Å². The van der Waals surface area contributed by atoms with Crippen molar-refractivity contribution in [3.8, 4) is 5.75 Å². The summed E-state index contributed by atoms with van der Waals surface area (Å²) in [4.78, 5) is 12.0. The van der Waals surface area contributed by atoms with E-state index in [2.05, 4.69) is 0 Å². The van der Waals surface area contributed by atoms with Gasteiger partial charge in [0.2, 0.25) is 0 Å². The fourth-order valence-electron chi connectivity index (χ4n) is 2.05. The maximum atomic E-state index is 12.0. The molecular weight excluding hydrogens is 254 g/mol. The molecule has 1 aromatic carbocycles. The second-order valence-corrected chi connectivity index (χ2v) is 4.41. The lowest BCUT2D eigenvalue weighted by Crippen LogP contribution is -2.06. The topological polar surface area (TPSA) is 51.5 Å². The van der Waals surface area contributed by atoms with Crippen LogP contribution in [0.2, 0.25) is 5.02 Å². The van der Waals surface area contributed by atoms with Crippen molar-refractivity contribution in [1.29, 1.82) is 0 Å². The minimum Gasteiger partial charge on any atom is -0.506 e. The van der Waals surface area contributed by atoms with Gasteiger partial charge in [0.15, 0.2) is 0 Å². The SMILES string of the molecule is CCOC(=O)c1c(C)n(C)c2ccc(O)c(Cl)c12. The minimum atomic E-state index is -0.423. The van der Waals surface area contributed by atoms with Crippen molar-refractivity contribution < 1.29 is 14.6 Å². The van der Waals surface area contributed by atoms with Crippen LogP contribution in [0.1, 0.15) is 23.0 Å². The number of aromatic nitrogens is 1. The van der Waals surface area contributed by atoms with E-state index < -0.39 is 5.97 Å². The zero-order chi connectivity index (χ0) is 13.4. The number of hydrogen-bond acceptors (Lipinski definition) is 3. The second-order valence-electron chi connectivity index (χ2n) is 4.03. The van der Waals surface area contributed by atoms with Gasteiger partial charge in [-0.2, -0.15) is 0 Å². The average Bonchev–Trinajstić information content (AvgIpc) is 2.58. The molecule has 96 valence electrons. The highest BCUT2D eigenvalue weighted by Gasteiger charge is 2.22. The number of ether oxygens (including phenoxy) is 1. The Bertz CT molecular complexity index is 631. The van der Waals surface area contributed by atoms with Gasteiger partial charge >= 0.3 is 5.97 Å². The summed E-state index contributed by atoms with van der Waals surface area (Å²) in [6, 6.07) is 3.24. The molecule has 0 bridgehead atoms. The molecule has 1 N–H and O–H groups in total. The standard InChI is InChI=1S/C13H14ClNO3/c1-4-18-13(17)10-7(2)15(3)8-5-6-9(16)12(14)11(8)10/h5-6,16H,4H2,1-3H3. The monoisotopic (exact) mass is 267 g/mol. The molecule has 0 fully saturated rings. The summed E-state index contributed by atoms with van der Waals surface area (Å²) < 4.78 is 6.89. The lowest BCUT2D eigenvalue weighted by Gasteiger charge is -2.03. The van der Waals surface area contributed by atoms with Crippen LogP contribution in [0.25, 0.3) is 10.9 Å². The largest absolute Gasteiger partial charge is 0.506 e. The molecule has 0 atom stereocenters. The van der Waals surface area contributed by atoms with Gasteiger partial charge in [-0.3, -0.25) is 0 Å². The Morgan fingerprint density at radius 1 is 1.50 bits per heavy atom. The Morgan fingerprint density at radius 2 is 2.17 bits per heavy atom. The predicted molar refractivity (Wildman–Crippen MR) is 70.3 cm³/mol. The minimum absolute atomic E-state index is 0.0414. The summed E-state index contributed by atoms with van der Waals surface area (Å²) >= 11 is 6.09. The first-order chi connectivity index (χ1) is 8.49. The fraction of sp³-hybridized carbons (Fsp3) is 0.308. The number of aromatic hydroxyl groups is 1. The number of fused-ring (bicyclic) bond motifs is 1. The van der Waals surface area contributed by atoms with Crippen LogP contribution in [0.5, 0.6) is 5.75 Å². The van der Waals surface area contributed by atoms with E-state index in [0.717, 1.165) is 11.2 Å². The van der Waals surface area contributed by atoms with E-state index in [-0.39, 0.29) is 10.8 Å². The number of phenols is 1. The molecule has 1 heterocycles. The second kappa shape index (κ2) is 4.53. The summed E-state index contributed by atoms with van der Waals surface area (Å²) in [5, 5.41) is 10.4. The third-order valence-corrected chi connectivity index (χ3v) is 3.44. The highest BCUT2D eigenvalue weighted by atomic mass is 35.5. The molecular formula is C13H14ClNO3. The summed E-state index contributed by atoms with van der Waals surface area (Å²) in [5.74, 6) is -0.464. The van der Waals surface area contributed by atoms with E-state index in [9.17, 15) is 9.90 Å². The van der Waals surface area contributed by atoms with Crippen LogP contribution in [0.15, 0.2) is 12.1 Å². The van der Waals surface area contributed by atoms with Crippen LogP contribution in [-0.4, -0.2) is 22.2 Å². The fourth-order valence-corrected chi connectivity index (χ4v) is 2.31. The zero-order valence-corrected chi connectivity index (χ0v) is 11.2. The number of nitrogens with zero attached hydrogens (tertiary/aromatic N) is 1. The van der Waals surface area contributed by atoms with Crippen LogP contribution in [0.3, 0.4) is 0 Å². The number of rotatable bonds is 2. The van der Waals surface area contributed by atoms with Crippen LogP contribution >= 0.6 is 11.6 Å². The van der Waals surface area contributed by atoms with Crippen LogP contribution < -0.4 is 0 Å². The van der Waals surface area contributed by atoms with Gasteiger partial charge in [0.25, 0.3) is 0 Å². The number of esters is 1. The molecule has 0 unspecified atom stereocenters. The summed E-state index contributed by atoms with van der Waals surface area (Å²) in [6.45, 7) is 3.86. The molecule has 1 aromatic heterocycles. The number of halogens is 1. The van der Waals surface area contributed by atoms with Gasteiger partial charge in [-0.25, -0.2) is 4.79 Å².